The maximum Gasteiger partial charge on any atom is 0.131 e. The average Bonchev–Trinajstić information content (AvgIpc) is 2.68. The van der Waals surface area contributed by atoms with E-state index in [0.29, 0.717) is 5.69 Å². The molecule has 0 radical (unpaired) electrons. The van der Waals surface area contributed by atoms with E-state index in [1.807, 2.05) is 42.5 Å². The lowest BCUT2D eigenvalue weighted by molar-refractivity contribution is 0.483. The molecule has 0 amide bonds. The Bertz CT molecular complexity index is 1340. The van der Waals surface area contributed by atoms with Crippen molar-refractivity contribution in [2.45, 2.75) is 19.8 Å². The van der Waals surface area contributed by atoms with Crippen LogP contribution in [0.5, 0.6) is 5.75 Å². The van der Waals surface area contributed by atoms with Crippen molar-refractivity contribution in [1.29, 1.82) is 0 Å². The van der Waals surface area contributed by atoms with Crippen LogP contribution < -0.4 is 4.72 Å². The van der Waals surface area contributed by atoms with Crippen molar-refractivity contribution in [1.82, 2.24) is 0 Å². The maximum absolute atomic E-state index is 12.4. The molecule has 0 aliphatic heterocycles. The van der Waals surface area contributed by atoms with E-state index in [1.165, 1.54) is 0 Å². The summed E-state index contributed by atoms with van der Waals surface area (Å²) in [4.78, 5) is 0. The molecule has 0 fully saturated rings. The lowest BCUT2D eigenvalue weighted by Crippen LogP contribution is -2.10. The van der Waals surface area contributed by atoms with E-state index >= 15 is 0 Å². The molecule has 4 aromatic carbocycles. The third-order valence-electron chi connectivity index (χ3n) is 5.19. The van der Waals surface area contributed by atoms with Crippen LogP contribution in [0.2, 0.25) is 0 Å². The Kier molecular flexibility index (Phi) is 4.75. The molecule has 0 bridgehead atoms. The highest BCUT2D eigenvalue weighted by molar-refractivity contribution is 8.00. The Hall–Kier alpha value is -2.98. The molecule has 0 aliphatic carbocycles. The number of anilines is 1. The van der Waals surface area contributed by atoms with Gasteiger partial charge in [-0.2, -0.15) is 0 Å². The van der Waals surface area contributed by atoms with Gasteiger partial charge in [-0.05, 0) is 39.8 Å². The Morgan fingerprint density at radius 2 is 1.55 bits per heavy atom. The number of nitrogens with one attached hydrogen (secondary N) is 1. The van der Waals surface area contributed by atoms with Gasteiger partial charge in [-0.25, -0.2) is 4.21 Å². The SMILES string of the molecule is C=S(C)(=O)Nc1cc(-c2c(C(C)C)ccc3ccccc23)c(O)c2ccccc12. The molecule has 2 N–H and O–H groups in total. The first-order valence-corrected chi connectivity index (χ1v) is 11.8. The number of phenols is 1. The molecule has 0 saturated heterocycles. The zero-order chi connectivity index (χ0) is 20.8. The van der Waals surface area contributed by atoms with Crippen LogP contribution in [0.3, 0.4) is 0 Å². The van der Waals surface area contributed by atoms with Crippen LogP contribution in [-0.2, 0) is 9.71 Å². The van der Waals surface area contributed by atoms with Crippen molar-refractivity contribution in [2.24, 2.45) is 0 Å². The average molecular weight is 404 g/mol. The lowest BCUT2D eigenvalue weighted by atomic mass is 9.86. The number of phenolic OH excluding ortho intramolecular Hbond substituents is 1. The third kappa shape index (κ3) is 3.56. The van der Waals surface area contributed by atoms with Crippen LogP contribution in [0.4, 0.5) is 5.69 Å². The van der Waals surface area contributed by atoms with Gasteiger partial charge in [-0.1, -0.05) is 74.5 Å². The van der Waals surface area contributed by atoms with E-state index in [9.17, 15) is 9.32 Å². The molecule has 4 aromatic rings. The van der Waals surface area contributed by atoms with E-state index in [1.54, 1.807) is 6.26 Å². The van der Waals surface area contributed by atoms with Crippen molar-refractivity contribution in [3.8, 4) is 16.9 Å². The summed E-state index contributed by atoms with van der Waals surface area (Å²) < 4.78 is 15.5. The summed E-state index contributed by atoms with van der Waals surface area (Å²) in [6.07, 6.45) is 1.58. The van der Waals surface area contributed by atoms with Crippen LogP contribution >= 0.6 is 0 Å². The van der Waals surface area contributed by atoms with Gasteiger partial charge in [-0.3, -0.25) is 0 Å². The monoisotopic (exact) mass is 403 g/mol. The lowest BCUT2D eigenvalue weighted by Gasteiger charge is -2.20. The fourth-order valence-corrected chi connectivity index (χ4v) is 4.57. The number of aromatic hydroxyl groups is 1. The summed E-state index contributed by atoms with van der Waals surface area (Å²) in [5.74, 6) is 4.26. The fourth-order valence-electron chi connectivity index (χ4n) is 3.94. The van der Waals surface area contributed by atoms with E-state index < -0.39 is 9.71 Å². The highest BCUT2D eigenvalue weighted by Gasteiger charge is 2.19. The predicted molar refractivity (Wildman–Crippen MR) is 127 cm³/mol. The molecule has 0 heterocycles. The highest BCUT2D eigenvalue weighted by atomic mass is 32.2. The molecule has 0 aliphatic rings. The second-order valence-electron chi connectivity index (χ2n) is 7.88. The summed E-state index contributed by atoms with van der Waals surface area (Å²) in [6.45, 7) is 4.30. The highest BCUT2D eigenvalue weighted by Crippen LogP contribution is 2.45. The Labute approximate surface area is 172 Å². The van der Waals surface area contributed by atoms with E-state index in [-0.39, 0.29) is 11.7 Å². The predicted octanol–water partition coefficient (Wildman–Crippen LogP) is 6.16. The molecule has 4 heteroatoms. The second kappa shape index (κ2) is 7.12. The molecule has 29 heavy (non-hydrogen) atoms. The summed E-state index contributed by atoms with van der Waals surface area (Å²) >= 11 is 0. The van der Waals surface area contributed by atoms with Crippen LogP contribution in [0, 0.1) is 0 Å². The maximum atomic E-state index is 12.4. The molecule has 4 rings (SSSR count). The minimum atomic E-state index is -2.48. The van der Waals surface area contributed by atoms with Crippen LogP contribution in [0.1, 0.15) is 25.3 Å². The molecule has 0 saturated carbocycles. The third-order valence-corrected chi connectivity index (χ3v) is 5.85. The topological polar surface area (TPSA) is 49.3 Å². The summed E-state index contributed by atoms with van der Waals surface area (Å²) in [6, 6.07) is 22.0. The van der Waals surface area contributed by atoms with Gasteiger partial charge in [0, 0.05) is 32.3 Å². The van der Waals surface area contributed by atoms with Gasteiger partial charge in [0.2, 0.25) is 0 Å². The van der Waals surface area contributed by atoms with Crippen molar-refractivity contribution < 1.29 is 9.32 Å². The van der Waals surface area contributed by atoms with Crippen LogP contribution in [-0.4, -0.2) is 21.4 Å². The molecule has 0 spiro atoms. The van der Waals surface area contributed by atoms with Gasteiger partial charge in [0.05, 0.1) is 5.69 Å². The van der Waals surface area contributed by atoms with E-state index in [2.05, 4.69) is 48.7 Å². The first kappa shape index (κ1) is 19.3. The molecular weight excluding hydrogens is 378 g/mol. The van der Waals surface area contributed by atoms with E-state index in [0.717, 1.165) is 38.2 Å². The zero-order valence-corrected chi connectivity index (χ0v) is 17.7. The van der Waals surface area contributed by atoms with Gasteiger partial charge < -0.3 is 9.83 Å². The molecule has 0 aromatic heterocycles. The number of hydrogen-bond acceptors (Lipinski definition) is 2. The van der Waals surface area contributed by atoms with Gasteiger partial charge >= 0.3 is 0 Å². The zero-order valence-electron chi connectivity index (χ0n) is 16.9. The minimum Gasteiger partial charge on any atom is -0.507 e. The van der Waals surface area contributed by atoms with Gasteiger partial charge in [-0.15, -0.1) is 0 Å². The molecule has 148 valence electrons. The van der Waals surface area contributed by atoms with Crippen molar-refractivity contribution in [3.05, 3.63) is 72.3 Å². The molecular formula is C25H25NO2S. The standard InChI is InChI=1S/C25H25NO2S/c1-16(2)18-14-13-17-9-5-6-10-19(17)24(18)22-15-23(26-29(3,4)28)20-11-7-8-12-21(20)25(22)27/h5-16,27H,3H2,1-2,4H3,(H,26,28). The smallest absolute Gasteiger partial charge is 0.131 e. The fraction of sp³-hybridized carbons (Fsp3) is 0.160. The first-order chi connectivity index (χ1) is 13.8. The first-order valence-electron chi connectivity index (χ1n) is 9.63. The minimum absolute atomic E-state index is 0.232. The van der Waals surface area contributed by atoms with Crippen molar-refractivity contribution >= 4 is 42.8 Å². The Morgan fingerprint density at radius 3 is 2.21 bits per heavy atom. The summed E-state index contributed by atoms with van der Waals surface area (Å²) in [7, 11) is -2.48. The van der Waals surface area contributed by atoms with Crippen molar-refractivity contribution in [2.75, 3.05) is 11.0 Å². The van der Waals surface area contributed by atoms with Crippen LogP contribution in [0.25, 0.3) is 32.7 Å². The van der Waals surface area contributed by atoms with Gasteiger partial charge in [0.25, 0.3) is 0 Å². The quantitative estimate of drug-likeness (QED) is 0.317. The number of benzene rings is 4. The summed E-state index contributed by atoms with van der Waals surface area (Å²) in [5.41, 5.74) is 3.61. The second-order valence-corrected chi connectivity index (χ2v) is 10.1. The summed E-state index contributed by atoms with van der Waals surface area (Å²) in [5, 5.41) is 15.0. The number of fused-ring (bicyclic) bond motifs is 2. The number of rotatable bonds is 4. The van der Waals surface area contributed by atoms with Crippen LogP contribution in [0.15, 0.2) is 66.7 Å². The van der Waals surface area contributed by atoms with Gasteiger partial charge in [0.1, 0.15) is 5.75 Å². The largest absolute Gasteiger partial charge is 0.507 e. The van der Waals surface area contributed by atoms with Crippen molar-refractivity contribution in [3.63, 3.8) is 0 Å². The Balaban J connectivity index is 2.15. The van der Waals surface area contributed by atoms with Gasteiger partial charge in [0.15, 0.2) is 0 Å². The normalized spacial score (nSPS) is 13.7. The Morgan fingerprint density at radius 1 is 0.931 bits per heavy atom. The molecule has 3 nitrogen and oxygen atoms in total. The number of hydrogen-bond donors (Lipinski definition) is 2. The molecule has 1 unspecified atom stereocenters. The van der Waals surface area contributed by atoms with E-state index in [4.69, 9.17) is 0 Å². The molecule has 1 atom stereocenters.